The molecule has 0 fully saturated rings. The number of carbonyl (C=O) groups is 1. The molecule has 0 saturated heterocycles. The molecule has 0 spiro atoms. The first kappa shape index (κ1) is 16.1. The molecule has 0 N–H and O–H groups in total. The van der Waals surface area contributed by atoms with Gasteiger partial charge in [-0.15, -0.1) is 0 Å². The highest BCUT2D eigenvalue weighted by Gasteiger charge is 2.12. The molecule has 0 aromatic heterocycles. The SMILES string of the molecule is COc1ccccc1CN(C)C(=O)Cc1ccc(C)c(C)c1. The van der Waals surface area contributed by atoms with Crippen molar-refractivity contribution in [2.24, 2.45) is 0 Å². The number of benzene rings is 2. The molecule has 0 aliphatic rings. The average Bonchev–Trinajstić information content (AvgIpc) is 2.51. The van der Waals surface area contributed by atoms with Crippen LogP contribution >= 0.6 is 0 Å². The zero-order valence-corrected chi connectivity index (χ0v) is 13.7. The van der Waals surface area contributed by atoms with Gasteiger partial charge in [0.2, 0.25) is 5.91 Å². The summed E-state index contributed by atoms with van der Waals surface area (Å²) in [6.45, 7) is 4.70. The van der Waals surface area contributed by atoms with Crippen molar-refractivity contribution < 1.29 is 9.53 Å². The minimum absolute atomic E-state index is 0.106. The quantitative estimate of drug-likeness (QED) is 0.845. The van der Waals surface area contributed by atoms with Crippen LogP contribution in [0.2, 0.25) is 0 Å². The van der Waals surface area contributed by atoms with Crippen LogP contribution in [-0.2, 0) is 17.8 Å². The Bertz CT molecular complexity index is 664. The molecule has 2 aromatic carbocycles. The summed E-state index contributed by atoms with van der Waals surface area (Å²) in [4.78, 5) is 14.1. The normalized spacial score (nSPS) is 10.4. The molecule has 2 aromatic rings. The van der Waals surface area contributed by atoms with Crippen LogP contribution in [-0.4, -0.2) is 25.0 Å². The van der Waals surface area contributed by atoms with E-state index in [1.807, 2.05) is 37.4 Å². The van der Waals surface area contributed by atoms with Crippen LogP contribution in [0.1, 0.15) is 22.3 Å². The van der Waals surface area contributed by atoms with E-state index in [4.69, 9.17) is 4.74 Å². The zero-order chi connectivity index (χ0) is 16.1. The first-order valence-electron chi connectivity index (χ1n) is 7.43. The van der Waals surface area contributed by atoms with E-state index in [9.17, 15) is 4.79 Å². The highest BCUT2D eigenvalue weighted by atomic mass is 16.5. The first-order valence-corrected chi connectivity index (χ1v) is 7.43. The van der Waals surface area contributed by atoms with E-state index < -0.39 is 0 Å². The fourth-order valence-electron chi connectivity index (χ4n) is 2.40. The fraction of sp³-hybridized carbons (Fsp3) is 0.316. The zero-order valence-electron chi connectivity index (χ0n) is 13.7. The van der Waals surface area contributed by atoms with E-state index in [-0.39, 0.29) is 5.91 Å². The van der Waals surface area contributed by atoms with Gasteiger partial charge in [-0.1, -0.05) is 36.4 Å². The van der Waals surface area contributed by atoms with Gasteiger partial charge in [0, 0.05) is 19.2 Å². The predicted molar refractivity (Wildman–Crippen MR) is 89.1 cm³/mol. The molecule has 0 bridgehead atoms. The summed E-state index contributed by atoms with van der Waals surface area (Å²) in [5.41, 5.74) is 4.54. The van der Waals surface area contributed by atoms with Gasteiger partial charge in [0.25, 0.3) is 0 Å². The van der Waals surface area contributed by atoms with Crippen LogP contribution in [0.15, 0.2) is 42.5 Å². The van der Waals surface area contributed by atoms with Crippen LogP contribution in [0.3, 0.4) is 0 Å². The van der Waals surface area contributed by atoms with Crippen molar-refractivity contribution >= 4 is 5.91 Å². The first-order chi connectivity index (χ1) is 10.5. The molecule has 2 rings (SSSR count). The maximum Gasteiger partial charge on any atom is 0.227 e. The number of hydrogen-bond acceptors (Lipinski definition) is 2. The standard InChI is InChI=1S/C19H23NO2/c1-14-9-10-16(11-15(14)2)12-19(21)20(3)13-17-7-5-6-8-18(17)22-4/h5-11H,12-13H2,1-4H3. The number of carbonyl (C=O) groups excluding carboxylic acids is 1. The second-order valence-corrected chi connectivity index (χ2v) is 5.66. The number of hydrogen-bond donors (Lipinski definition) is 0. The smallest absolute Gasteiger partial charge is 0.227 e. The Kier molecular flexibility index (Phi) is 5.21. The Hall–Kier alpha value is -2.29. The molecule has 0 atom stereocenters. The van der Waals surface area contributed by atoms with Gasteiger partial charge in [-0.25, -0.2) is 0 Å². The monoisotopic (exact) mass is 297 g/mol. The van der Waals surface area contributed by atoms with Crippen molar-refractivity contribution in [3.05, 3.63) is 64.7 Å². The second kappa shape index (κ2) is 7.12. The molecule has 0 radical (unpaired) electrons. The highest BCUT2D eigenvalue weighted by Crippen LogP contribution is 2.19. The molecule has 3 nitrogen and oxygen atoms in total. The number of rotatable bonds is 5. The van der Waals surface area contributed by atoms with E-state index >= 15 is 0 Å². The summed E-state index contributed by atoms with van der Waals surface area (Å²) in [5, 5.41) is 0. The lowest BCUT2D eigenvalue weighted by Gasteiger charge is -2.19. The number of ether oxygens (including phenoxy) is 1. The molecule has 0 unspecified atom stereocenters. The Balaban J connectivity index is 2.04. The van der Waals surface area contributed by atoms with Crippen molar-refractivity contribution in [1.29, 1.82) is 0 Å². The van der Waals surface area contributed by atoms with Crippen LogP contribution in [0, 0.1) is 13.8 Å². The third-order valence-corrected chi connectivity index (χ3v) is 3.95. The molecule has 1 amide bonds. The van der Waals surface area contributed by atoms with Gasteiger partial charge in [-0.2, -0.15) is 0 Å². The Labute approximate surface area is 132 Å². The Morgan fingerprint density at radius 3 is 2.50 bits per heavy atom. The number of amides is 1. The van der Waals surface area contributed by atoms with Gasteiger partial charge < -0.3 is 9.64 Å². The van der Waals surface area contributed by atoms with Crippen molar-refractivity contribution in [2.45, 2.75) is 26.8 Å². The molecular formula is C19H23NO2. The Morgan fingerprint density at radius 2 is 1.82 bits per heavy atom. The molecule has 3 heteroatoms. The third kappa shape index (κ3) is 3.88. The van der Waals surface area contributed by atoms with E-state index in [0.717, 1.165) is 16.9 Å². The van der Waals surface area contributed by atoms with Crippen molar-refractivity contribution in [2.75, 3.05) is 14.2 Å². The van der Waals surface area contributed by atoms with Gasteiger partial charge >= 0.3 is 0 Å². The fourth-order valence-corrected chi connectivity index (χ4v) is 2.40. The van der Waals surface area contributed by atoms with E-state index in [1.54, 1.807) is 12.0 Å². The summed E-state index contributed by atoms with van der Waals surface area (Å²) in [5.74, 6) is 0.919. The topological polar surface area (TPSA) is 29.5 Å². The van der Waals surface area contributed by atoms with Crippen LogP contribution in [0.5, 0.6) is 5.75 Å². The van der Waals surface area contributed by atoms with Crippen LogP contribution < -0.4 is 4.74 Å². The summed E-state index contributed by atoms with van der Waals surface area (Å²) < 4.78 is 5.34. The van der Waals surface area contributed by atoms with Crippen molar-refractivity contribution in [3.8, 4) is 5.75 Å². The van der Waals surface area contributed by atoms with Crippen LogP contribution in [0.25, 0.3) is 0 Å². The molecule has 0 heterocycles. The van der Waals surface area contributed by atoms with E-state index in [0.29, 0.717) is 13.0 Å². The van der Waals surface area contributed by atoms with Gasteiger partial charge in [-0.3, -0.25) is 4.79 Å². The average molecular weight is 297 g/mol. The lowest BCUT2D eigenvalue weighted by atomic mass is 10.0. The van der Waals surface area contributed by atoms with Crippen molar-refractivity contribution in [1.82, 2.24) is 4.90 Å². The molecule has 0 aliphatic heterocycles. The lowest BCUT2D eigenvalue weighted by molar-refractivity contribution is -0.129. The molecule has 0 aliphatic carbocycles. The van der Waals surface area contributed by atoms with E-state index in [1.165, 1.54) is 11.1 Å². The number of nitrogens with zero attached hydrogens (tertiary/aromatic N) is 1. The van der Waals surface area contributed by atoms with Crippen LogP contribution in [0.4, 0.5) is 0 Å². The largest absolute Gasteiger partial charge is 0.496 e. The van der Waals surface area contributed by atoms with Gasteiger partial charge in [0.15, 0.2) is 0 Å². The molecule has 0 saturated carbocycles. The minimum atomic E-state index is 0.106. The van der Waals surface area contributed by atoms with Gasteiger partial charge in [-0.05, 0) is 36.6 Å². The maximum atomic E-state index is 12.4. The van der Waals surface area contributed by atoms with Crippen molar-refractivity contribution in [3.63, 3.8) is 0 Å². The number of likely N-dealkylation sites (N-methyl/N-ethyl adjacent to an activating group) is 1. The Morgan fingerprint density at radius 1 is 1.09 bits per heavy atom. The summed E-state index contributed by atoms with van der Waals surface area (Å²) >= 11 is 0. The molecular weight excluding hydrogens is 274 g/mol. The maximum absolute atomic E-state index is 12.4. The van der Waals surface area contributed by atoms with E-state index in [2.05, 4.69) is 26.0 Å². The third-order valence-electron chi connectivity index (χ3n) is 3.95. The second-order valence-electron chi connectivity index (χ2n) is 5.66. The minimum Gasteiger partial charge on any atom is -0.496 e. The molecule has 22 heavy (non-hydrogen) atoms. The summed E-state index contributed by atoms with van der Waals surface area (Å²) in [6, 6.07) is 14.0. The number of methoxy groups -OCH3 is 1. The van der Waals surface area contributed by atoms with Gasteiger partial charge in [0.1, 0.15) is 5.75 Å². The van der Waals surface area contributed by atoms with Gasteiger partial charge in [0.05, 0.1) is 13.5 Å². The lowest BCUT2D eigenvalue weighted by Crippen LogP contribution is -2.27. The number of aryl methyl sites for hydroxylation is 2. The number of para-hydroxylation sites is 1. The predicted octanol–water partition coefficient (Wildman–Crippen LogP) is 3.51. The summed E-state index contributed by atoms with van der Waals surface area (Å²) in [7, 11) is 3.48. The summed E-state index contributed by atoms with van der Waals surface area (Å²) in [6.07, 6.45) is 0.423. The highest BCUT2D eigenvalue weighted by molar-refractivity contribution is 5.78. The molecule has 116 valence electrons.